The lowest BCUT2D eigenvalue weighted by molar-refractivity contribution is -0.0965. The molecule has 0 saturated heterocycles. The monoisotopic (exact) mass is 275 g/mol. The van der Waals surface area contributed by atoms with Crippen LogP contribution in [-0.4, -0.2) is 32.0 Å². The molecule has 0 fully saturated rings. The summed E-state index contributed by atoms with van der Waals surface area (Å²) in [4.78, 5) is 0.919. The van der Waals surface area contributed by atoms with Gasteiger partial charge in [-0.05, 0) is 12.8 Å². The topological polar surface area (TPSA) is 30.5 Å². The van der Waals surface area contributed by atoms with E-state index in [1.165, 1.54) is 44.9 Å². The molecule has 0 heterocycles. The van der Waals surface area contributed by atoms with E-state index in [2.05, 4.69) is 12.2 Å². The van der Waals surface area contributed by atoms with Crippen LogP contribution in [0.3, 0.4) is 0 Å². The van der Waals surface area contributed by atoms with Crippen LogP contribution in [0.5, 0.6) is 0 Å². The van der Waals surface area contributed by atoms with Gasteiger partial charge in [-0.25, -0.2) is 0 Å². The molecule has 0 aliphatic heterocycles. The highest BCUT2D eigenvalue weighted by molar-refractivity contribution is 7.80. The summed E-state index contributed by atoms with van der Waals surface area (Å²) in [6, 6.07) is 0. The first-order chi connectivity index (χ1) is 8.74. The second-order valence-corrected chi connectivity index (χ2v) is 5.07. The van der Waals surface area contributed by atoms with Crippen molar-refractivity contribution in [3.05, 3.63) is 0 Å². The van der Waals surface area contributed by atoms with Gasteiger partial charge in [0.1, 0.15) is 0 Å². The predicted molar refractivity (Wildman–Crippen MR) is 81.0 cm³/mol. The summed E-state index contributed by atoms with van der Waals surface area (Å²) in [6.45, 7) is 2.87. The van der Waals surface area contributed by atoms with Gasteiger partial charge in [0.05, 0.1) is 11.5 Å². The summed E-state index contributed by atoms with van der Waals surface area (Å²) < 4.78 is 10.2. The van der Waals surface area contributed by atoms with E-state index in [4.69, 9.17) is 21.7 Å². The van der Waals surface area contributed by atoms with Gasteiger partial charge in [-0.1, -0.05) is 57.7 Å². The molecule has 0 aliphatic rings. The first-order valence-corrected chi connectivity index (χ1v) is 7.47. The predicted octanol–water partition coefficient (Wildman–Crippen LogP) is 3.66. The lowest BCUT2D eigenvalue weighted by atomic mass is 10.1. The molecule has 18 heavy (non-hydrogen) atoms. The molecule has 0 unspecified atom stereocenters. The third kappa shape index (κ3) is 10.9. The van der Waals surface area contributed by atoms with Crippen LogP contribution in [0.15, 0.2) is 0 Å². The van der Waals surface area contributed by atoms with Crippen LogP contribution in [0, 0.1) is 0 Å². The van der Waals surface area contributed by atoms with E-state index in [-0.39, 0.29) is 6.29 Å². The number of thiocarbonyl (C=S) groups is 1. The molecule has 108 valence electrons. The molecule has 0 saturated carbocycles. The van der Waals surface area contributed by atoms with E-state index in [1.807, 2.05) is 0 Å². The third-order valence-electron chi connectivity index (χ3n) is 3.00. The van der Waals surface area contributed by atoms with Crippen molar-refractivity contribution in [2.24, 2.45) is 0 Å². The minimum atomic E-state index is -0.211. The van der Waals surface area contributed by atoms with Crippen molar-refractivity contribution >= 4 is 17.2 Å². The number of ether oxygens (including phenoxy) is 2. The lowest BCUT2D eigenvalue weighted by Crippen LogP contribution is -2.33. The molecule has 0 aromatic heterocycles. The molecular formula is C14H29NO2S. The van der Waals surface area contributed by atoms with E-state index in [1.54, 1.807) is 14.2 Å². The molecule has 0 amide bonds. The standard InChI is InChI=1S/C14H29NO2S/c1-4-5-6-7-8-9-10-11-13(18)15-12-14(16-2)17-3/h14H,4-12H2,1-3H3,(H,15,18). The van der Waals surface area contributed by atoms with Crippen molar-refractivity contribution in [2.45, 2.75) is 64.6 Å². The second-order valence-electron chi connectivity index (χ2n) is 4.58. The van der Waals surface area contributed by atoms with Crippen LogP contribution >= 0.6 is 12.2 Å². The quantitative estimate of drug-likeness (QED) is 0.334. The minimum Gasteiger partial charge on any atom is -0.375 e. The third-order valence-corrected chi connectivity index (χ3v) is 3.35. The molecule has 3 nitrogen and oxygen atoms in total. The zero-order chi connectivity index (χ0) is 13.6. The summed E-state index contributed by atoms with van der Waals surface area (Å²) in [5.74, 6) is 0. The van der Waals surface area contributed by atoms with Gasteiger partial charge in [0, 0.05) is 14.2 Å². The Morgan fingerprint density at radius 2 is 1.56 bits per heavy atom. The smallest absolute Gasteiger partial charge is 0.173 e. The molecule has 4 heteroatoms. The number of rotatable bonds is 12. The Bertz CT molecular complexity index is 196. The van der Waals surface area contributed by atoms with Gasteiger partial charge in [0.2, 0.25) is 0 Å². The normalized spacial score (nSPS) is 10.9. The van der Waals surface area contributed by atoms with Crippen molar-refractivity contribution in [3.8, 4) is 0 Å². The van der Waals surface area contributed by atoms with Crippen LogP contribution in [0.2, 0.25) is 0 Å². The Balaban J connectivity index is 3.31. The van der Waals surface area contributed by atoms with Gasteiger partial charge in [0.25, 0.3) is 0 Å². The SMILES string of the molecule is CCCCCCCCCC(=S)NCC(OC)OC. The first kappa shape index (κ1) is 17.8. The zero-order valence-corrected chi connectivity index (χ0v) is 13.0. The van der Waals surface area contributed by atoms with Gasteiger partial charge in [-0.3, -0.25) is 0 Å². The van der Waals surface area contributed by atoms with E-state index in [0.29, 0.717) is 6.54 Å². The van der Waals surface area contributed by atoms with Crippen molar-refractivity contribution in [2.75, 3.05) is 20.8 Å². The Labute approximate surface area is 118 Å². The molecule has 0 aliphatic carbocycles. The summed E-state index contributed by atoms with van der Waals surface area (Å²) in [7, 11) is 3.27. The molecule has 1 N–H and O–H groups in total. The summed E-state index contributed by atoms with van der Waals surface area (Å²) in [5.41, 5.74) is 0. The average Bonchev–Trinajstić information content (AvgIpc) is 2.39. The van der Waals surface area contributed by atoms with Crippen molar-refractivity contribution < 1.29 is 9.47 Å². The first-order valence-electron chi connectivity index (χ1n) is 7.06. The molecule has 0 spiro atoms. The van der Waals surface area contributed by atoms with E-state index in [0.717, 1.165) is 11.4 Å². The van der Waals surface area contributed by atoms with E-state index < -0.39 is 0 Å². The average molecular weight is 275 g/mol. The zero-order valence-electron chi connectivity index (χ0n) is 12.2. The largest absolute Gasteiger partial charge is 0.375 e. The highest BCUT2D eigenvalue weighted by Gasteiger charge is 2.05. The van der Waals surface area contributed by atoms with E-state index in [9.17, 15) is 0 Å². The molecular weight excluding hydrogens is 246 g/mol. The fourth-order valence-electron chi connectivity index (χ4n) is 1.79. The van der Waals surface area contributed by atoms with Crippen molar-refractivity contribution in [1.82, 2.24) is 5.32 Å². The fraction of sp³-hybridized carbons (Fsp3) is 0.929. The molecule has 0 aromatic rings. The Morgan fingerprint density at radius 3 is 2.11 bits per heavy atom. The van der Waals surface area contributed by atoms with Crippen LogP contribution < -0.4 is 5.32 Å². The van der Waals surface area contributed by atoms with Crippen molar-refractivity contribution in [1.29, 1.82) is 0 Å². The van der Waals surface area contributed by atoms with Gasteiger partial charge >= 0.3 is 0 Å². The maximum atomic E-state index is 5.27. The van der Waals surface area contributed by atoms with Crippen molar-refractivity contribution in [3.63, 3.8) is 0 Å². The minimum absolute atomic E-state index is 0.211. The highest BCUT2D eigenvalue weighted by Crippen LogP contribution is 2.08. The van der Waals surface area contributed by atoms with Gasteiger partial charge < -0.3 is 14.8 Å². The summed E-state index contributed by atoms with van der Waals surface area (Å²) in [6.07, 6.45) is 9.99. The Kier molecular flexibility index (Phi) is 13.1. The highest BCUT2D eigenvalue weighted by atomic mass is 32.1. The maximum absolute atomic E-state index is 5.27. The molecule has 0 rings (SSSR count). The van der Waals surface area contributed by atoms with Crippen LogP contribution in [-0.2, 0) is 9.47 Å². The Hall–Kier alpha value is -0.190. The number of methoxy groups -OCH3 is 2. The molecule has 0 aromatic carbocycles. The molecule has 0 atom stereocenters. The summed E-state index contributed by atoms with van der Waals surface area (Å²) in [5, 5.41) is 3.18. The second kappa shape index (κ2) is 13.2. The summed E-state index contributed by atoms with van der Waals surface area (Å²) >= 11 is 5.27. The van der Waals surface area contributed by atoms with Gasteiger partial charge in [0.15, 0.2) is 6.29 Å². The number of nitrogens with one attached hydrogen (secondary N) is 1. The van der Waals surface area contributed by atoms with E-state index >= 15 is 0 Å². The van der Waals surface area contributed by atoms with Gasteiger partial charge in [-0.2, -0.15) is 0 Å². The molecule has 0 bridgehead atoms. The number of unbranched alkanes of at least 4 members (excludes halogenated alkanes) is 6. The number of hydrogen-bond donors (Lipinski definition) is 1. The maximum Gasteiger partial charge on any atom is 0.173 e. The molecule has 0 radical (unpaired) electrons. The lowest BCUT2D eigenvalue weighted by Gasteiger charge is -2.15. The van der Waals surface area contributed by atoms with Gasteiger partial charge in [-0.15, -0.1) is 0 Å². The number of hydrogen-bond acceptors (Lipinski definition) is 3. The van der Waals surface area contributed by atoms with Crippen LogP contribution in [0.25, 0.3) is 0 Å². The van der Waals surface area contributed by atoms with Crippen LogP contribution in [0.4, 0.5) is 0 Å². The Morgan fingerprint density at radius 1 is 1.00 bits per heavy atom. The fourth-order valence-corrected chi connectivity index (χ4v) is 2.02. The van der Waals surface area contributed by atoms with Crippen LogP contribution in [0.1, 0.15) is 58.3 Å².